The van der Waals surface area contributed by atoms with Crippen molar-refractivity contribution in [2.75, 3.05) is 12.9 Å². The molecule has 1 rings (SSSR count). The van der Waals surface area contributed by atoms with Crippen LogP contribution in [0.1, 0.15) is 19.4 Å². The van der Waals surface area contributed by atoms with E-state index >= 15 is 0 Å². The zero-order valence-electron chi connectivity index (χ0n) is 13.7. The van der Waals surface area contributed by atoms with Gasteiger partial charge in [-0.1, -0.05) is 12.1 Å². The Morgan fingerprint density at radius 2 is 1.75 bits per heavy atom. The van der Waals surface area contributed by atoms with Crippen molar-refractivity contribution < 1.29 is 28.7 Å². The third kappa shape index (κ3) is 7.28. The van der Waals surface area contributed by atoms with Crippen molar-refractivity contribution in [3.05, 3.63) is 29.8 Å². The highest BCUT2D eigenvalue weighted by Crippen LogP contribution is 2.17. The summed E-state index contributed by atoms with van der Waals surface area (Å²) in [6, 6.07) is 5.64. The molecule has 0 radical (unpaired) electrons. The number of carbonyl (C=O) groups excluding carboxylic acids is 4. The number of esters is 1. The molecule has 0 aromatic heterocycles. The Morgan fingerprint density at radius 3 is 2.25 bits per heavy atom. The molecule has 24 heavy (non-hydrogen) atoms. The van der Waals surface area contributed by atoms with E-state index in [-0.39, 0.29) is 11.5 Å². The van der Waals surface area contributed by atoms with Crippen LogP contribution in [-0.2, 0) is 25.5 Å². The summed E-state index contributed by atoms with van der Waals surface area (Å²) in [7, 11) is 1.20. The molecule has 0 heterocycles. The quantitative estimate of drug-likeness (QED) is 0.745. The molecule has 0 unspecified atom stereocenters. The molecule has 0 spiro atoms. The monoisotopic (exact) mass is 353 g/mol. The third-order valence-electron chi connectivity index (χ3n) is 2.81. The average molecular weight is 353 g/mol. The zero-order chi connectivity index (χ0) is 18.1. The smallest absolute Gasteiger partial charge is 0.372 e. The number of hydrogen-bond acceptors (Lipinski definition) is 7. The Morgan fingerprint density at radius 1 is 1.12 bits per heavy atom. The molecule has 0 bridgehead atoms. The first kappa shape index (κ1) is 19.7. The number of hydrogen-bond donors (Lipinski definition) is 1. The molecule has 1 amide bonds. The van der Waals surface area contributed by atoms with Gasteiger partial charge in [0.15, 0.2) is 0 Å². The molecule has 0 fully saturated rings. The number of ketones is 1. The molecule has 7 nitrogen and oxygen atoms in total. The third-order valence-corrected chi connectivity index (χ3v) is 3.63. The molecule has 8 heteroatoms. The van der Waals surface area contributed by atoms with Crippen LogP contribution in [0.2, 0.25) is 0 Å². The summed E-state index contributed by atoms with van der Waals surface area (Å²) >= 11 is 0.749. The number of ether oxygens (including phenoxy) is 2. The van der Waals surface area contributed by atoms with E-state index in [9.17, 15) is 19.2 Å². The van der Waals surface area contributed by atoms with Crippen molar-refractivity contribution in [2.24, 2.45) is 0 Å². The van der Waals surface area contributed by atoms with Gasteiger partial charge in [0, 0.05) is 19.1 Å². The second-order valence-electron chi connectivity index (χ2n) is 4.96. The first-order valence-corrected chi connectivity index (χ1v) is 8.08. The summed E-state index contributed by atoms with van der Waals surface area (Å²) in [5, 5.41) is 1.78. The lowest BCUT2D eigenvalue weighted by molar-refractivity contribution is -0.144. The topological polar surface area (TPSA) is 98.8 Å². The predicted octanol–water partition coefficient (Wildman–Crippen LogP) is 1.73. The first-order chi connectivity index (χ1) is 11.3. The van der Waals surface area contributed by atoms with E-state index in [0.717, 1.165) is 17.3 Å². The van der Waals surface area contributed by atoms with Crippen molar-refractivity contribution in [3.63, 3.8) is 0 Å². The molecule has 0 aliphatic rings. The summed E-state index contributed by atoms with van der Waals surface area (Å²) in [6.45, 7) is 2.76. The SMILES string of the molecule is COC(=O)[C@H](CSC(=O)Oc1ccc(CC(C)=O)cc1)NC(C)=O. The second kappa shape index (κ2) is 9.71. The molecule has 0 aliphatic carbocycles. The standard InChI is InChI=1S/C16H19NO6S/c1-10(18)8-12-4-6-13(7-5-12)23-16(21)24-9-14(15(20)22-3)17-11(2)19/h4-7,14H,8-9H2,1-3H3,(H,17,19)/t14-/m0/s1. The molecule has 0 saturated carbocycles. The minimum absolute atomic E-state index is 0.00644. The molecule has 1 aromatic rings. The van der Waals surface area contributed by atoms with Crippen LogP contribution in [0, 0.1) is 0 Å². The van der Waals surface area contributed by atoms with Gasteiger partial charge in [0.1, 0.15) is 17.6 Å². The number of carbonyl (C=O) groups is 4. The van der Waals surface area contributed by atoms with Crippen LogP contribution in [-0.4, -0.2) is 41.9 Å². The van der Waals surface area contributed by atoms with E-state index in [4.69, 9.17) is 4.74 Å². The molecule has 130 valence electrons. The van der Waals surface area contributed by atoms with Gasteiger partial charge in [0.05, 0.1) is 7.11 Å². The lowest BCUT2D eigenvalue weighted by atomic mass is 10.1. The minimum Gasteiger partial charge on any atom is -0.467 e. The minimum atomic E-state index is -0.928. The van der Waals surface area contributed by atoms with E-state index < -0.39 is 23.2 Å². The Hall–Kier alpha value is -2.35. The van der Waals surface area contributed by atoms with Gasteiger partial charge in [-0.15, -0.1) is 0 Å². The molecule has 0 saturated heterocycles. The van der Waals surface area contributed by atoms with E-state index in [1.807, 2.05) is 0 Å². The molecule has 1 atom stereocenters. The molecule has 0 aliphatic heterocycles. The number of Topliss-reactive ketones (excluding diaryl/α,β-unsaturated/α-hetero) is 1. The van der Waals surface area contributed by atoms with Crippen molar-refractivity contribution in [1.29, 1.82) is 0 Å². The number of benzene rings is 1. The van der Waals surface area contributed by atoms with Crippen molar-refractivity contribution >= 4 is 34.7 Å². The highest BCUT2D eigenvalue weighted by atomic mass is 32.2. The van der Waals surface area contributed by atoms with Crippen LogP contribution in [0.15, 0.2) is 24.3 Å². The Bertz CT molecular complexity index is 613. The maximum Gasteiger partial charge on any atom is 0.372 e. The summed E-state index contributed by atoms with van der Waals surface area (Å²) in [5.74, 6) is -0.677. The average Bonchev–Trinajstić information content (AvgIpc) is 2.51. The van der Waals surface area contributed by atoms with Crippen LogP contribution >= 0.6 is 11.8 Å². The van der Waals surface area contributed by atoms with Crippen LogP contribution in [0.5, 0.6) is 5.75 Å². The first-order valence-electron chi connectivity index (χ1n) is 7.09. The van der Waals surface area contributed by atoms with E-state index in [2.05, 4.69) is 10.1 Å². The molecule has 1 N–H and O–H groups in total. The maximum absolute atomic E-state index is 11.8. The highest BCUT2D eigenvalue weighted by molar-refractivity contribution is 8.13. The van der Waals surface area contributed by atoms with Crippen LogP contribution in [0.4, 0.5) is 4.79 Å². The van der Waals surface area contributed by atoms with Gasteiger partial charge in [0.2, 0.25) is 5.91 Å². The van der Waals surface area contributed by atoms with Crippen molar-refractivity contribution in [2.45, 2.75) is 26.3 Å². The Balaban J connectivity index is 2.53. The largest absolute Gasteiger partial charge is 0.467 e. The van der Waals surface area contributed by atoms with Crippen LogP contribution in [0.25, 0.3) is 0 Å². The van der Waals surface area contributed by atoms with Crippen molar-refractivity contribution in [1.82, 2.24) is 5.32 Å². The van der Waals surface area contributed by atoms with Gasteiger partial charge < -0.3 is 14.8 Å². The zero-order valence-corrected chi connectivity index (χ0v) is 14.5. The van der Waals surface area contributed by atoms with Crippen molar-refractivity contribution in [3.8, 4) is 5.75 Å². The van der Waals surface area contributed by atoms with Gasteiger partial charge in [-0.25, -0.2) is 9.59 Å². The summed E-state index contributed by atoms with van der Waals surface area (Å²) in [6.07, 6.45) is 0.320. The Kier molecular flexibility index (Phi) is 7.97. The second-order valence-corrected chi connectivity index (χ2v) is 5.92. The van der Waals surface area contributed by atoms with E-state index in [0.29, 0.717) is 12.2 Å². The lowest BCUT2D eigenvalue weighted by Gasteiger charge is -2.14. The van der Waals surface area contributed by atoms with Gasteiger partial charge >= 0.3 is 11.3 Å². The summed E-state index contributed by atoms with van der Waals surface area (Å²) in [5.41, 5.74) is 0.825. The van der Waals surface area contributed by atoms with Crippen LogP contribution < -0.4 is 10.1 Å². The highest BCUT2D eigenvalue weighted by Gasteiger charge is 2.22. The Labute approximate surface area is 144 Å². The number of nitrogens with one attached hydrogen (secondary N) is 1. The fourth-order valence-electron chi connectivity index (χ4n) is 1.80. The fraction of sp³-hybridized carbons (Fsp3) is 0.375. The number of thioether (sulfide) groups is 1. The van der Waals surface area contributed by atoms with E-state index in [1.165, 1.54) is 21.0 Å². The number of methoxy groups -OCH3 is 1. The summed E-state index contributed by atoms with van der Waals surface area (Å²) in [4.78, 5) is 45.4. The van der Waals surface area contributed by atoms with Crippen LogP contribution in [0.3, 0.4) is 0 Å². The number of rotatable bonds is 7. The normalized spacial score (nSPS) is 11.3. The number of amides is 1. The van der Waals surface area contributed by atoms with Gasteiger partial charge in [-0.2, -0.15) is 0 Å². The van der Waals surface area contributed by atoms with E-state index in [1.54, 1.807) is 24.3 Å². The lowest BCUT2D eigenvalue weighted by Crippen LogP contribution is -2.42. The predicted molar refractivity (Wildman–Crippen MR) is 88.9 cm³/mol. The summed E-state index contributed by atoms with van der Waals surface area (Å²) < 4.78 is 9.68. The molecular weight excluding hydrogens is 334 g/mol. The van der Waals surface area contributed by atoms with Gasteiger partial charge in [0.25, 0.3) is 0 Å². The molecular formula is C16H19NO6S. The maximum atomic E-state index is 11.8. The van der Waals surface area contributed by atoms with Gasteiger partial charge in [-0.05, 0) is 36.4 Å². The fourth-order valence-corrected chi connectivity index (χ4v) is 2.47. The molecule has 1 aromatic carbocycles. The van der Waals surface area contributed by atoms with Gasteiger partial charge in [-0.3, -0.25) is 9.59 Å².